The molecule has 0 atom stereocenters. The predicted molar refractivity (Wildman–Crippen MR) is 136 cm³/mol. The molecule has 0 saturated carbocycles. The van der Waals surface area contributed by atoms with Crippen molar-refractivity contribution in [1.82, 2.24) is 19.7 Å². The molecule has 2 aromatic carbocycles. The summed E-state index contributed by atoms with van der Waals surface area (Å²) in [6.07, 6.45) is 1.59. The number of para-hydroxylation sites is 1. The summed E-state index contributed by atoms with van der Waals surface area (Å²) in [5.74, 6) is 1.92. The molecular formula is C26H23N5O3S. The topological polar surface area (TPSA) is 95.1 Å². The van der Waals surface area contributed by atoms with E-state index in [1.165, 1.54) is 11.8 Å². The van der Waals surface area contributed by atoms with Gasteiger partial charge >= 0.3 is 0 Å². The second-order valence-electron chi connectivity index (χ2n) is 7.71. The van der Waals surface area contributed by atoms with E-state index in [4.69, 9.17) is 9.15 Å². The van der Waals surface area contributed by atoms with Crippen LogP contribution in [0.15, 0.2) is 82.6 Å². The Balaban J connectivity index is 1.39. The van der Waals surface area contributed by atoms with Gasteiger partial charge in [0.25, 0.3) is 0 Å². The lowest BCUT2D eigenvalue weighted by molar-refractivity contribution is -0.113. The number of nitrogens with zero attached hydrogens (tertiary/aromatic N) is 4. The molecule has 0 saturated heterocycles. The van der Waals surface area contributed by atoms with Gasteiger partial charge in [-0.15, -0.1) is 10.2 Å². The fourth-order valence-corrected chi connectivity index (χ4v) is 4.50. The Labute approximate surface area is 206 Å². The smallest absolute Gasteiger partial charge is 0.234 e. The van der Waals surface area contributed by atoms with Gasteiger partial charge in [-0.25, -0.2) is 0 Å². The number of nitrogens with one attached hydrogen (secondary N) is 1. The quantitative estimate of drug-likeness (QED) is 0.289. The highest BCUT2D eigenvalue weighted by Gasteiger charge is 2.19. The van der Waals surface area contributed by atoms with Gasteiger partial charge in [0.05, 0.1) is 35.5 Å². The molecule has 0 radical (unpaired) electrons. The maximum absolute atomic E-state index is 12.9. The van der Waals surface area contributed by atoms with Gasteiger partial charge in [-0.1, -0.05) is 30.0 Å². The summed E-state index contributed by atoms with van der Waals surface area (Å²) in [4.78, 5) is 17.4. The summed E-state index contributed by atoms with van der Waals surface area (Å²) < 4.78 is 13.0. The van der Waals surface area contributed by atoms with Gasteiger partial charge < -0.3 is 14.5 Å². The van der Waals surface area contributed by atoms with Crippen LogP contribution in [0.25, 0.3) is 28.2 Å². The van der Waals surface area contributed by atoms with Crippen LogP contribution in [0, 0.1) is 6.92 Å². The molecular weight excluding hydrogens is 462 g/mol. The van der Waals surface area contributed by atoms with Crippen LogP contribution in [0.2, 0.25) is 0 Å². The van der Waals surface area contributed by atoms with E-state index in [1.807, 2.05) is 79.1 Å². The molecule has 8 nitrogen and oxygen atoms in total. The second kappa shape index (κ2) is 10.0. The number of ether oxygens (including phenoxy) is 1. The molecule has 0 aliphatic heterocycles. The lowest BCUT2D eigenvalue weighted by Gasteiger charge is -2.11. The number of carbonyl (C=O) groups excluding carboxylic acids is 1. The van der Waals surface area contributed by atoms with Gasteiger partial charge in [0.2, 0.25) is 11.7 Å². The van der Waals surface area contributed by atoms with Crippen LogP contribution in [0.4, 0.5) is 5.69 Å². The van der Waals surface area contributed by atoms with E-state index in [0.29, 0.717) is 23.3 Å². The van der Waals surface area contributed by atoms with Gasteiger partial charge in [-0.2, -0.15) is 0 Å². The van der Waals surface area contributed by atoms with Gasteiger partial charge in [0.15, 0.2) is 10.9 Å². The molecule has 1 amide bonds. The number of pyridine rings is 1. The SMILES string of the molecule is CCOc1ccc(-n2c(SCC(=O)Nc3cc(C)nc4ccccc34)nnc2-c2ccco2)cc1. The van der Waals surface area contributed by atoms with Crippen LogP contribution in [0.5, 0.6) is 5.75 Å². The number of benzene rings is 2. The third kappa shape index (κ3) is 4.90. The molecule has 0 spiro atoms. The first-order chi connectivity index (χ1) is 17.1. The van der Waals surface area contributed by atoms with Crippen LogP contribution in [0.1, 0.15) is 12.6 Å². The van der Waals surface area contributed by atoms with Gasteiger partial charge in [-0.3, -0.25) is 14.3 Å². The molecule has 9 heteroatoms. The lowest BCUT2D eigenvalue weighted by atomic mass is 10.1. The van der Waals surface area contributed by atoms with E-state index in [9.17, 15) is 4.79 Å². The fourth-order valence-electron chi connectivity index (χ4n) is 3.75. The minimum atomic E-state index is -0.147. The molecule has 1 N–H and O–H groups in total. The summed E-state index contributed by atoms with van der Waals surface area (Å²) in [6, 6.07) is 20.9. The molecule has 0 unspecified atom stereocenters. The van der Waals surface area contributed by atoms with Crippen LogP contribution >= 0.6 is 11.8 Å². The highest BCUT2D eigenvalue weighted by Crippen LogP contribution is 2.30. The Bertz CT molecular complexity index is 1460. The number of fused-ring (bicyclic) bond motifs is 1. The second-order valence-corrected chi connectivity index (χ2v) is 8.65. The minimum Gasteiger partial charge on any atom is -0.494 e. The van der Waals surface area contributed by atoms with Crippen molar-refractivity contribution >= 4 is 34.3 Å². The summed E-state index contributed by atoms with van der Waals surface area (Å²) >= 11 is 1.30. The zero-order valence-electron chi connectivity index (χ0n) is 19.3. The third-order valence-corrected chi connectivity index (χ3v) is 6.16. The number of anilines is 1. The zero-order chi connectivity index (χ0) is 24.2. The van der Waals surface area contributed by atoms with E-state index in [-0.39, 0.29) is 11.7 Å². The number of rotatable bonds is 8. The Morgan fingerprint density at radius 2 is 1.91 bits per heavy atom. The first-order valence-electron chi connectivity index (χ1n) is 11.1. The van der Waals surface area contributed by atoms with Crippen LogP contribution < -0.4 is 10.1 Å². The average Bonchev–Trinajstić information content (AvgIpc) is 3.53. The molecule has 5 aromatic rings. The molecule has 0 bridgehead atoms. The first kappa shape index (κ1) is 22.7. The molecule has 3 heterocycles. The van der Waals surface area contributed by atoms with E-state index in [2.05, 4.69) is 20.5 Å². The van der Waals surface area contributed by atoms with Gasteiger partial charge in [0, 0.05) is 11.1 Å². The van der Waals surface area contributed by atoms with Gasteiger partial charge in [-0.05, 0) is 62.4 Å². The fraction of sp³-hybridized carbons (Fsp3) is 0.154. The maximum Gasteiger partial charge on any atom is 0.234 e. The predicted octanol–water partition coefficient (Wildman–Crippen LogP) is 5.51. The number of carbonyl (C=O) groups is 1. The van der Waals surface area contributed by atoms with Gasteiger partial charge in [0.1, 0.15) is 5.75 Å². The molecule has 0 aliphatic carbocycles. The summed E-state index contributed by atoms with van der Waals surface area (Å²) in [6.45, 7) is 4.44. The van der Waals surface area contributed by atoms with E-state index < -0.39 is 0 Å². The highest BCUT2D eigenvalue weighted by molar-refractivity contribution is 7.99. The van der Waals surface area contributed by atoms with Crippen molar-refractivity contribution in [3.63, 3.8) is 0 Å². The lowest BCUT2D eigenvalue weighted by Crippen LogP contribution is -2.15. The van der Waals surface area contributed by atoms with Crippen LogP contribution in [-0.4, -0.2) is 38.0 Å². The summed E-state index contributed by atoms with van der Waals surface area (Å²) in [5.41, 5.74) is 3.25. The highest BCUT2D eigenvalue weighted by atomic mass is 32.2. The van der Waals surface area contributed by atoms with Crippen molar-refractivity contribution in [2.24, 2.45) is 0 Å². The Kier molecular flexibility index (Phi) is 6.49. The molecule has 0 fully saturated rings. The van der Waals surface area contributed by atoms with Crippen molar-refractivity contribution in [1.29, 1.82) is 0 Å². The first-order valence-corrected chi connectivity index (χ1v) is 12.1. The van der Waals surface area contributed by atoms with Crippen molar-refractivity contribution in [3.05, 3.63) is 78.7 Å². The van der Waals surface area contributed by atoms with Crippen molar-refractivity contribution in [3.8, 4) is 23.0 Å². The Hall–Kier alpha value is -4.11. The number of hydrogen-bond acceptors (Lipinski definition) is 7. The third-order valence-electron chi connectivity index (χ3n) is 5.23. The number of aromatic nitrogens is 4. The van der Waals surface area contributed by atoms with Crippen molar-refractivity contribution in [2.45, 2.75) is 19.0 Å². The molecule has 0 aliphatic rings. The van der Waals surface area contributed by atoms with E-state index in [0.717, 1.165) is 33.7 Å². The Morgan fingerprint density at radius 1 is 1.09 bits per heavy atom. The Morgan fingerprint density at radius 3 is 2.69 bits per heavy atom. The van der Waals surface area contributed by atoms with Crippen LogP contribution in [-0.2, 0) is 4.79 Å². The number of thioether (sulfide) groups is 1. The minimum absolute atomic E-state index is 0.147. The zero-order valence-corrected chi connectivity index (χ0v) is 20.1. The molecule has 3 aromatic heterocycles. The summed E-state index contributed by atoms with van der Waals surface area (Å²) in [5, 5.41) is 13.2. The number of furan rings is 1. The summed E-state index contributed by atoms with van der Waals surface area (Å²) in [7, 11) is 0. The standard InChI is InChI=1S/C26H23N5O3S/c1-3-33-19-12-10-18(11-13-19)31-25(23-9-6-14-34-23)29-30-26(31)35-16-24(32)28-22-15-17(2)27-21-8-5-4-7-20(21)22/h4-15H,3,16H2,1-2H3,(H,27,28,32). The number of hydrogen-bond donors (Lipinski definition) is 1. The molecule has 5 rings (SSSR count). The normalized spacial score (nSPS) is 11.0. The molecule has 176 valence electrons. The van der Waals surface area contributed by atoms with Crippen molar-refractivity contribution < 1.29 is 13.9 Å². The maximum atomic E-state index is 12.9. The van der Waals surface area contributed by atoms with Crippen LogP contribution in [0.3, 0.4) is 0 Å². The average molecular weight is 486 g/mol. The number of amides is 1. The monoisotopic (exact) mass is 485 g/mol. The van der Waals surface area contributed by atoms with Crippen molar-refractivity contribution in [2.75, 3.05) is 17.7 Å². The van der Waals surface area contributed by atoms with E-state index in [1.54, 1.807) is 12.3 Å². The number of aryl methyl sites for hydroxylation is 1. The molecule has 35 heavy (non-hydrogen) atoms. The van der Waals surface area contributed by atoms with E-state index >= 15 is 0 Å². The largest absolute Gasteiger partial charge is 0.494 e.